The summed E-state index contributed by atoms with van der Waals surface area (Å²) in [6.07, 6.45) is 1.07. The standard InChI is InChI=1S/C34H27ClF2N2O5/c1-18-12-20(23-4-3-5-30-32(23)44-34(2,43-30)25-8-7-21(35)15-27(25)37)13-26(36)24(18)16-31-38-28-9-6-19(33(40)41)14-29(28)39(31)17-22-10-11-42-22/h3-9,12-15,22H,10-11,16-17H2,1-2H3,(H,40,41)/t22-,34?/m0/s1. The highest BCUT2D eigenvalue weighted by Crippen LogP contribution is 2.50. The van der Waals surface area contributed by atoms with Crippen molar-refractivity contribution in [1.82, 2.24) is 9.55 Å². The van der Waals surface area contributed by atoms with Crippen molar-refractivity contribution in [2.45, 2.75) is 45.1 Å². The van der Waals surface area contributed by atoms with E-state index in [2.05, 4.69) is 0 Å². The van der Waals surface area contributed by atoms with Gasteiger partial charge >= 0.3 is 5.97 Å². The van der Waals surface area contributed by atoms with Gasteiger partial charge in [-0.3, -0.25) is 0 Å². The lowest BCUT2D eigenvalue weighted by Gasteiger charge is -2.27. The molecule has 1 aromatic heterocycles. The second kappa shape index (κ2) is 10.6. The zero-order chi connectivity index (χ0) is 30.7. The molecule has 0 amide bonds. The number of ether oxygens (including phenoxy) is 3. The van der Waals surface area contributed by atoms with Crippen LogP contribution < -0.4 is 9.47 Å². The van der Waals surface area contributed by atoms with E-state index in [9.17, 15) is 14.3 Å². The minimum atomic E-state index is -1.44. The molecule has 0 bridgehead atoms. The average Bonchev–Trinajstić information content (AvgIpc) is 3.48. The highest BCUT2D eigenvalue weighted by atomic mass is 35.5. The van der Waals surface area contributed by atoms with Crippen molar-refractivity contribution in [3.8, 4) is 22.6 Å². The molecule has 2 atom stereocenters. The van der Waals surface area contributed by atoms with Gasteiger partial charge in [-0.1, -0.05) is 29.8 Å². The smallest absolute Gasteiger partial charge is 0.335 e. The first-order valence-electron chi connectivity index (χ1n) is 14.2. The minimum Gasteiger partial charge on any atom is -0.478 e. The zero-order valence-corrected chi connectivity index (χ0v) is 24.6. The van der Waals surface area contributed by atoms with E-state index < -0.39 is 23.4 Å². The van der Waals surface area contributed by atoms with E-state index in [1.807, 2.05) is 17.6 Å². The maximum Gasteiger partial charge on any atom is 0.335 e. The number of aryl methyl sites for hydroxylation is 1. The van der Waals surface area contributed by atoms with Gasteiger partial charge in [0.05, 0.1) is 34.8 Å². The van der Waals surface area contributed by atoms with Gasteiger partial charge in [0, 0.05) is 30.5 Å². The van der Waals surface area contributed by atoms with Crippen molar-refractivity contribution in [2.75, 3.05) is 6.61 Å². The van der Waals surface area contributed by atoms with Crippen molar-refractivity contribution in [1.29, 1.82) is 0 Å². The fourth-order valence-corrected chi connectivity index (χ4v) is 6.07. The molecule has 2 aliphatic rings. The number of hydrogen-bond donors (Lipinski definition) is 1. The molecule has 1 fully saturated rings. The molecule has 0 saturated carbocycles. The first-order valence-corrected chi connectivity index (χ1v) is 14.6. The predicted molar refractivity (Wildman–Crippen MR) is 160 cm³/mol. The first kappa shape index (κ1) is 28.3. The molecule has 4 aromatic carbocycles. The van der Waals surface area contributed by atoms with Crippen molar-refractivity contribution in [3.05, 3.63) is 111 Å². The number of fused-ring (bicyclic) bond motifs is 2. The summed E-state index contributed by atoms with van der Waals surface area (Å²) >= 11 is 5.95. The van der Waals surface area contributed by atoms with Crippen LogP contribution in [0.2, 0.25) is 5.02 Å². The Balaban J connectivity index is 1.23. The molecular formula is C34H27ClF2N2O5. The molecule has 1 N–H and O–H groups in total. The number of hydrogen-bond acceptors (Lipinski definition) is 5. The van der Waals surface area contributed by atoms with Crippen molar-refractivity contribution in [3.63, 3.8) is 0 Å². The molecule has 2 aliphatic heterocycles. The molecule has 0 radical (unpaired) electrons. The third-order valence-electron chi connectivity index (χ3n) is 8.32. The molecule has 5 aromatic rings. The Morgan fingerprint density at radius 3 is 2.61 bits per heavy atom. The molecular weight excluding hydrogens is 590 g/mol. The van der Waals surface area contributed by atoms with Gasteiger partial charge in [0.1, 0.15) is 17.5 Å². The summed E-state index contributed by atoms with van der Waals surface area (Å²) in [5, 5.41) is 9.79. The van der Waals surface area contributed by atoms with Crippen LogP contribution in [0, 0.1) is 18.6 Å². The number of halogens is 3. The van der Waals surface area contributed by atoms with E-state index in [4.69, 9.17) is 30.8 Å². The van der Waals surface area contributed by atoms with Gasteiger partial charge in [-0.15, -0.1) is 0 Å². The zero-order valence-electron chi connectivity index (χ0n) is 23.9. The van der Waals surface area contributed by atoms with Crippen LogP contribution in [0.4, 0.5) is 8.78 Å². The van der Waals surface area contributed by atoms with Gasteiger partial charge in [-0.2, -0.15) is 0 Å². The molecule has 1 unspecified atom stereocenters. The Labute approximate surface area is 256 Å². The van der Waals surface area contributed by atoms with Crippen LogP contribution in [0.3, 0.4) is 0 Å². The van der Waals surface area contributed by atoms with E-state index in [0.717, 1.165) is 6.42 Å². The van der Waals surface area contributed by atoms with Crippen LogP contribution in [0.25, 0.3) is 22.2 Å². The van der Waals surface area contributed by atoms with Crippen LogP contribution in [-0.2, 0) is 23.5 Å². The summed E-state index contributed by atoms with van der Waals surface area (Å²) in [6.45, 7) is 4.63. The molecule has 0 aliphatic carbocycles. The summed E-state index contributed by atoms with van der Waals surface area (Å²) in [4.78, 5) is 16.4. The van der Waals surface area contributed by atoms with Gasteiger partial charge < -0.3 is 23.9 Å². The minimum absolute atomic E-state index is 0.0117. The number of aromatic nitrogens is 2. The van der Waals surface area contributed by atoms with Crippen molar-refractivity contribution < 1.29 is 32.9 Å². The van der Waals surface area contributed by atoms with E-state index in [1.165, 1.54) is 24.3 Å². The molecule has 0 spiro atoms. The van der Waals surface area contributed by atoms with E-state index in [0.29, 0.717) is 63.8 Å². The monoisotopic (exact) mass is 616 g/mol. The summed E-state index contributed by atoms with van der Waals surface area (Å²) in [5.74, 6) is -2.04. The van der Waals surface area contributed by atoms with E-state index in [1.54, 1.807) is 43.3 Å². The highest BCUT2D eigenvalue weighted by Gasteiger charge is 2.42. The fourth-order valence-electron chi connectivity index (χ4n) is 5.91. The van der Waals surface area contributed by atoms with Gasteiger partial charge in [-0.05, 0) is 78.6 Å². The third-order valence-corrected chi connectivity index (χ3v) is 8.55. The van der Waals surface area contributed by atoms with Crippen LogP contribution >= 0.6 is 11.6 Å². The Morgan fingerprint density at radius 1 is 1.09 bits per heavy atom. The van der Waals surface area contributed by atoms with Crippen LogP contribution in [0.15, 0.2) is 66.7 Å². The number of nitrogens with zero attached hydrogens (tertiary/aromatic N) is 2. The van der Waals surface area contributed by atoms with E-state index >= 15 is 4.39 Å². The van der Waals surface area contributed by atoms with E-state index in [-0.39, 0.29) is 28.7 Å². The number of carbonyl (C=O) groups is 1. The first-order chi connectivity index (χ1) is 21.1. The summed E-state index contributed by atoms with van der Waals surface area (Å²) in [6, 6.07) is 17.7. The van der Waals surface area contributed by atoms with Gasteiger partial charge in [0.15, 0.2) is 11.5 Å². The second-order valence-electron chi connectivity index (χ2n) is 11.3. The number of imidazole rings is 1. The van der Waals surface area contributed by atoms with Gasteiger partial charge in [0.2, 0.25) is 0 Å². The molecule has 7 nitrogen and oxygen atoms in total. The maximum absolute atomic E-state index is 16.0. The Bertz CT molecular complexity index is 1950. The molecule has 3 heterocycles. The molecule has 10 heteroatoms. The Kier molecular flexibility index (Phi) is 6.82. The normalized spacial score (nSPS) is 18.9. The molecule has 7 rings (SSSR count). The maximum atomic E-state index is 16.0. The number of aromatic carboxylic acids is 1. The lowest BCUT2D eigenvalue weighted by atomic mass is 9.96. The second-order valence-corrected chi connectivity index (χ2v) is 11.7. The summed E-state index contributed by atoms with van der Waals surface area (Å²) in [5.41, 5.74) is 4.00. The quantitative estimate of drug-likeness (QED) is 0.202. The topological polar surface area (TPSA) is 82.8 Å². The van der Waals surface area contributed by atoms with Gasteiger partial charge in [0.25, 0.3) is 5.79 Å². The molecule has 44 heavy (non-hydrogen) atoms. The Hall–Kier alpha value is -4.47. The fraction of sp³-hybridized carbons (Fsp3) is 0.235. The van der Waals surface area contributed by atoms with Crippen LogP contribution in [0.1, 0.15) is 46.2 Å². The highest BCUT2D eigenvalue weighted by molar-refractivity contribution is 6.30. The summed E-state index contributed by atoms with van der Waals surface area (Å²) < 4.78 is 50.7. The van der Waals surface area contributed by atoms with Crippen molar-refractivity contribution >= 4 is 28.6 Å². The van der Waals surface area contributed by atoms with Crippen LogP contribution in [0.5, 0.6) is 11.5 Å². The number of carboxylic acid groups (broad SMARTS) is 1. The summed E-state index contributed by atoms with van der Waals surface area (Å²) in [7, 11) is 0. The number of para-hydroxylation sites is 1. The predicted octanol–water partition coefficient (Wildman–Crippen LogP) is 7.67. The largest absolute Gasteiger partial charge is 0.478 e. The van der Waals surface area contributed by atoms with Crippen molar-refractivity contribution in [2.24, 2.45) is 0 Å². The Morgan fingerprint density at radius 2 is 1.91 bits per heavy atom. The third kappa shape index (κ3) is 4.86. The van der Waals surface area contributed by atoms with Gasteiger partial charge in [-0.25, -0.2) is 18.6 Å². The SMILES string of the molecule is Cc1cc(-c2cccc3c2OC(C)(c2ccc(Cl)cc2F)O3)cc(F)c1Cc1nc2ccc(C(=O)O)cc2n1C[C@@H]1CCO1. The van der Waals surface area contributed by atoms with Crippen LogP contribution in [-0.4, -0.2) is 33.3 Å². The average molecular weight is 617 g/mol. The number of benzene rings is 4. The lowest BCUT2D eigenvalue weighted by Crippen LogP contribution is -2.32. The lowest BCUT2D eigenvalue weighted by molar-refractivity contribution is -0.0705. The number of carboxylic acids is 1. The molecule has 1 saturated heterocycles. The number of rotatable bonds is 7. The molecule has 224 valence electrons.